The summed E-state index contributed by atoms with van der Waals surface area (Å²) in [6.07, 6.45) is 3.47. The number of para-hydroxylation sites is 1. The molecular formula is C19H30N2O2. The van der Waals surface area contributed by atoms with E-state index in [1.54, 1.807) is 0 Å². The highest BCUT2D eigenvalue weighted by Crippen LogP contribution is 2.30. The first kappa shape index (κ1) is 17.8. The van der Waals surface area contributed by atoms with E-state index in [1.165, 1.54) is 11.3 Å². The van der Waals surface area contributed by atoms with Crippen molar-refractivity contribution in [3.05, 3.63) is 29.8 Å². The van der Waals surface area contributed by atoms with Crippen molar-refractivity contribution in [1.29, 1.82) is 0 Å². The molecule has 0 saturated heterocycles. The average molecular weight is 318 g/mol. The van der Waals surface area contributed by atoms with Crippen LogP contribution in [0.5, 0.6) is 0 Å². The van der Waals surface area contributed by atoms with E-state index in [9.17, 15) is 4.79 Å². The van der Waals surface area contributed by atoms with E-state index < -0.39 is 0 Å². The van der Waals surface area contributed by atoms with Crippen molar-refractivity contribution in [2.24, 2.45) is 5.41 Å². The maximum Gasteiger partial charge on any atom is 0.221 e. The first-order chi connectivity index (χ1) is 10.9. The highest BCUT2D eigenvalue weighted by atomic mass is 16.3. The molecule has 0 aromatic heterocycles. The van der Waals surface area contributed by atoms with Crippen LogP contribution in [0.25, 0.3) is 0 Å². The van der Waals surface area contributed by atoms with E-state index in [1.807, 2.05) is 0 Å². The van der Waals surface area contributed by atoms with Crippen LogP contribution in [0.15, 0.2) is 24.3 Å². The van der Waals surface area contributed by atoms with E-state index >= 15 is 0 Å². The normalized spacial score (nSPS) is 17.7. The number of hydrogen-bond acceptors (Lipinski definition) is 3. The van der Waals surface area contributed by atoms with Crippen molar-refractivity contribution in [2.75, 3.05) is 24.6 Å². The standard InChI is InChI=1S/C19H30N2O2/c1-15-8-9-16-6-4-5-7-17(16)21(15)12-10-18(23)20-14-19(2,3)11-13-22/h4-7,15,22H,8-14H2,1-3H3,(H,20,23). The van der Waals surface area contributed by atoms with Crippen LogP contribution in [0.1, 0.15) is 45.6 Å². The van der Waals surface area contributed by atoms with Gasteiger partial charge in [0.15, 0.2) is 0 Å². The smallest absolute Gasteiger partial charge is 0.221 e. The number of nitrogens with zero attached hydrogens (tertiary/aromatic N) is 1. The lowest BCUT2D eigenvalue weighted by atomic mass is 9.90. The second-order valence-electron chi connectivity index (χ2n) is 7.37. The lowest BCUT2D eigenvalue weighted by molar-refractivity contribution is -0.121. The number of nitrogens with one attached hydrogen (secondary N) is 1. The molecule has 0 spiro atoms. The summed E-state index contributed by atoms with van der Waals surface area (Å²) in [5.74, 6) is 0.0891. The van der Waals surface area contributed by atoms with Gasteiger partial charge in [0.1, 0.15) is 0 Å². The molecule has 1 aliphatic rings. The molecular weight excluding hydrogens is 288 g/mol. The number of aryl methyl sites for hydroxylation is 1. The molecule has 1 heterocycles. The Kier molecular flexibility index (Phi) is 6.05. The quantitative estimate of drug-likeness (QED) is 0.813. The second kappa shape index (κ2) is 7.82. The first-order valence-corrected chi connectivity index (χ1v) is 8.65. The van der Waals surface area contributed by atoms with Gasteiger partial charge in [-0.2, -0.15) is 0 Å². The van der Waals surface area contributed by atoms with E-state index in [0.29, 0.717) is 25.4 Å². The SMILES string of the molecule is CC1CCc2ccccc2N1CCC(=O)NCC(C)(C)CCO. The molecule has 0 saturated carbocycles. The summed E-state index contributed by atoms with van der Waals surface area (Å²) < 4.78 is 0. The number of anilines is 1. The Hall–Kier alpha value is -1.55. The third-order valence-electron chi connectivity index (χ3n) is 4.80. The van der Waals surface area contributed by atoms with Gasteiger partial charge in [-0.15, -0.1) is 0 Å². The van der Waals surface area contributed by atoms with Gasteiger partial charge < -0.3 is 15.3 Å². The minimum Gasteiger partial charge on any atom is -0.396 e. The minimum atomic E-state index is -0.0601. The number of fused-ring (bicyclic) bond motifs is 1. The molecule has 1 aromatic carbocycles. The average Bonchev–Trinajstić information content (AvgIpc) is 2.52. The van der Waals surface area contributed by atoms with Crippen LogP contribution in [0, 0.1) is 5.41 Å². The van der Waals surface area contributed by atoms with Crippen molar-refractivity contribution < 1.29 is 9.90 Å². The van der Waals surface area contributed by atoms with Gasteiger partial charge in [-0.05, 0) is 43.2 Å². The maximum atomic E-state index is 12.2. The van der Waals surface area contributed by atoms with Crippen LogP contribution < -0.4 is 10.2 Å². The highest BCUT2D eigenvalue weighted by Gasteiger charge is 2.23. The molecule has 2 rings (SSSR count). The zero-order valence-corrected chi connectivity index (χ0v) is 14.6. The van der Waals surface area contributed by atoms with Crippen molar-refractivity contribution in [1.82, 2.24) is 5.32 Å². The maximum absolute atomic E-state index is 12.2. The Labute approximate surface area is 139 Å². The molecule has 0 radical (unpaired) electrons. The molecule has 2 N–H and O–H groups in total. The number of carbonyl (C=O) groups excluding carboxylic acids is 1. The summed E-state index contributed by atoms with van der Waals surface area (Å²) in [7, 11) is 0. The summed E-state index contributed by atoms with van der Waals surface area (Å²) in [6.45, 7) is 7.88. The van der Waals surface area contributed by atoms with E-state index in [2.05, 4.69) is 55.3 Å². The summed E-state index contributed by atoms with van der Waals surface area (Å²) in [6, 6.07) is 8.98. The van der Waals surface area contributed by atoms with Crippen LogP contribution in [0.4, 0.5) is 5.69 Å². The number of aliphatic hydroxyl groups excluding tert-OH is 1. The van der Waals surface area contributed by atoms with E-state index in [-0.39, 0.29) is 17.9 Å². The molecule has 0 bridgehead atoms. The van der Waals surface area contributed by atoms with Crippen molar-refractivity contribution in [2.45, 2.75) is 52.5 Å². The molecule has 4 nitrogen and oxygen atoms in total. The summed E-state index contributed by atoms with van der Waals surface area (Å²) in [4.78, 5) is 14.5. The Balaban J connectivity index is 1.87. The number of rotatable bonds is 7. The summed E-state index contributed by atoms with van der Waals surface area (Å²) >= 11 is 0. The molecule has 23 heavy (non-hydrogen) atoms. The molecule has 0 fully saturated rings. The van der Waals surface area contributed by atoms with Crippen LogP contribution in [0.3, 0.4) is 0 Å². The van der Waals surface area contributed by atoms with Gasteiger partial charge >= 0.3 is 0 Å². The van der Waals surface area contributed by atoms with Crippen molar-refractivity contribution in [3.63, 3.8) is 0 Å². The number of benzene rings is 1. The molecule has 1 aliphatic heterocycles. The lowest BCUT2D eigenvalue weighted by Gasteiger charge is -2.37. The Bertz CT molecular complexity index is 528. The van der Waals surface area contributed by atoms with Gasteiger partial charge in [0.2, 0.25) is 5.91 Å². The first-order valence-electron chi connectivity index (χ1n) is 8.65. The van der Waals surface area contributed by atoms with Crippen molar-refractivity contribution >= 4 is 11.6 Å². The predicted octanol–water partition coefficient (Wildman–Crippen LogP) is 2.74. The van der Waals surface area contributed by atoms with E-state index in [0.717, 1.165) is 19.4 Å². The monoisotopic (exact) mass is 318 g/mol. The molecule has 1 unspecified atom stereocenters. The van der Waals surface area contributed by atoms with Gasteiger partial charge in [0.05, 0.1) is 0 Å². The van der Waals surface area contributed by atoms with Gasteiger partial charge in [-0.3, -0.25) is 4.79 Å². The zero-order chi connectivity index (χ0) is 16.9. The molecule has 4 heteroatoms. The van der Waals surface area contributed by atoms with Crippen LogP contribution in [-0.4, -0.2) is 36.8 Å². The lowest BCUT2D eigenvalue weighted by Crippen LogP contribution is -2.41. The summed E-state index contributed by atoms with van der Waals surface area (Å²) in [5, 5.41) is 12.1. The van der Waals surface area contributed by atoms with Gasteiger partial charge in [-0.25, -0.2) is 0 Å². The molecule has 1 aromatic rings. The minimum absolute atomic E-state index is 0.0601. The zero-order valence-electron chi connectivity index (χ0n) is 14.6. The number of amides is 1. The van der Waals surface area contributed by atoms with Crippen LogP contribution in [0.2, 0.25) is 0 Å². The fraction of sp³-hybridized carbons (Fsp3) is 0.632. The molecule has 0 aliphatic carbocycles. The topological polar surface area (TPSA) is 52.6 Å². The second-order valence-corrected chi connectivity index (χ2v) is 7.37. The third-order valence-corrected chi connectivity index (χ3v) is 4.80. The fourth-order valence-electron chi connectivity index (χ4n) is 3.14. The number of carbonyl (C=O) groups is 1. The predicted molar refractivity (Wildman–Crippen MR) is 94.7 cm³/mol. The molecule has 1 amide bonds. The number of hydrogen-bond donors (Lipinski definition) is 2. The highest BCUT2D eigenvalue weighted by molar-refractivity contribution is 5.76. The van der Waals surface area contributed by atoms with Crippen LogP contribution >= 0.6 is 0 Å². The fourth-order valence-corrected chi connectivity index (χ4v) is 3.14. The van der Waals surface area contributed by atoms with E-state index in [4.69, 9.17) is 5.11 Å². The largest absolute Gasteiger partial charge is 0.396 e. The molecule has 1 atom stereocenters. The van der Waals surface area contributed by atoms with Crippen molar-refractivity contribution in [3.8, 4) is 0 Å². The van der Waals surface area contributed by atoms with Gasteiger partial charge in [0, 0.05) is 37.8 Å². The van der Waals surface area contributed by atoms with Crippen LogP contribution in [-0.2, 0) is 11.2 Å². The van der Waals surface area contributed by atoms with Gasteiger partial charge in [0.25, 0.3) is 0 Å². The van der Waals surface area contributed by atoms with Gasteiger partial charge in [-0.1, -0.05) is 32.0 Å². The summed E-state index contributed by atoms with van der Waals surface area (Å²) in [5.41, 5.74) is 2.60. The Morgan fingerprint density at radius 2 is 2.13 bits per heavy atom. The number of aliphatic hydroxyl groups is 1. The molecule has 128 valence electrons. The Morgan fingerprint density at radius 3 is 2.87 bits per heavy atom. The third kappa shape index (κ3) is 4.96. The Morgan fingerprint density at radius 1 is 1.39 bits per heavy atom.